The first-order chi connectivity index (χ1) is 11.0. The lowest BCUT2D eigenvalue weighted by molar-refractivity contribution is -0.121. The molecule has 1 atom stereocenters. The van der Waals surface area contributed by atoms with Crippen molar-refractivity contribution in [1.82, 2.24) is 10.4 Å². The fourth-order valence-corrected chi connectivity index (χ4v) is 2.48. The van der Waals surface area contributed by atoms with Crippen molar-refractivity contribution < 1.29 is 4.79 Å². The Bertz CT molecular complexity index is 638. The van der Waals surface area contributed by atoms with Gasteiger partial charge in [0.05, 0.1) is 5.92 Å². The Morgan fingerprint density at radius 3 is 2.39 bits per heavy atom. The average Bonchev–Trinajstić information content (AvgIpc) is 2.53. The highest BCUT2D eigenvalue weighted by molar-refractivity contribution is 9.10. The number of hydrogen-bond acceptors (Lipinski definition) is 3. The number of amides is 1. The molecule has 0 saturated heterocycles. The van der Waals surface area contributed by atoms with E-state index in [1.165, 1.54) is 5.56 Å². The van der Waals surface area contributed by atoms with Crippen molar-refractivity contribution in [3.05, 3.63) is 58.2 Å². The largest absolute Gasteiger partial charge is 0.282 e. The molecule has 0 aliphatic heterocycles. The van der Waals surface area contributed by atoms with Crippen molar-refractivity contribution in [2.24, 2.45) is 5.92 Å². The molecule has 0 saturated carbocycles. The van der Waals surface area contributed by atoms with Gasteiger partial charge in [0.15, 0.2) is 0 Å². The third-order valence-electron chi connectivity index (χ3n) is 3.56. The van der Waals surface area contributed by atoms with E-state index in [0.29, 0.717) is 11.7 Å². The molecule has 2 N–H and O–H groups in total. The quantitative estimate of drug-likeness (QED) is 0.740. The smallest absolute Gasteiger partial charge is 0.245 e. The molecule has 1 heterocycles. The summed E-state index contributed by atoms with van der Waals surface area (Å²) in [4.78, 5) is 16.4. The van der Waals surface area contributed by atoms with Crippen LogP contribution in [0.1, 0.15) is 37.8 Å². The molecule has 0 fully saturated rings. The number of hydrogen-bond donors (Lipinski definition) is 2. The second kappa shape index (κ2) is 8.11. The van der Waals surface area contributed by atoms with Crippen molar-refractivity contribution in [2.45, 2.75) is 33.1 Å². The van der Waals surface area contributed by atoms with Crippen molar-refractivity contribution in [2.75, 3.05) is 5.43 Å². The maximum Gasteiger partial charge on any atom is 0.245 e. The minimum Gasteiger partial charge on any atom is -0.282 e. The van der Waals surface area contributed by atoms with E-state index < -0.39 is 0 Å². The fraction of sp³-hybridized carbons (Fsp3) is 0.333. The van der Waals surface area contributed by atoms with Gasteiger partial charge in [-0.1, -0.05) is 38.1 Å². The summed E-state index contributed by atoms with van der Waals surface area (Å²) in [6.07, 6.45) is 2.73. The topological polar surface area (TPSA) is 54.0 Å². The van der Waals surface area contributed by atoms with Gasteiger partial charge in [-0.25, -0.2) is 4.98 Å². The van der Waals surface area contributed by atoms with Crippen molar-refractivity contribution >= 4 is 27.7 Å². The minimum absolute atomic E-state index is 0.0914. The predicted molar refractivity (Wildman–Crippen MR) is 97.1 cm³/mol. The molecular formula is C18H22BrN3O. The number of nitrogens with one attached hydrogen (secondary N) is 2. The molecule has 0 unspecified atom stereocenters. The molecule has 2 aromatic rings. The van der Waals surface area contributed by atoms with E-state index in [9.17, 15) is 4.79 Å². The summed E-state index contributed by atoms with van der Waals surface area (Å²) in [5.41, 5.74) is 7.83. The molecule has 1 aromatic carbocycles. The number of nitrogens with zero attached hydrogens (tertiary/aromatic N) is 1. The maximum atomic E-state index is 12.2. The summed E-state index contributed by atoms with van der Waals surface area (Å²) in [7, 11) is 0. The minimum atomic E-state index is -0.231. The van der Waals surface area contributed by atoms with Crippen LogP contribution in [0.4, 0.5) is 5.82 Å². The molecule has 23 heavy (non-hydrogen) atoms. The van der Waals surface area contributed by atoms with Gasteiger partial charge in [-0.05, 0) is 58.5 Å². The molecule has 0 aliphatic rings. The van der Waals surface area contributed by atoms with Gasteiger partial charge >= 0.3 is 0 Å². The van der Waals surface area contributed by atoms with Gasteiger partial charge in [-0.2, -0.15) is 0 Å². The third kappa shape index (κ3) is 5.36. The van der Waals surface area contributed by atoms with Crippen LogP contribution in [-0.4, -0.2) is 10.9 Å². The Morgan fingerprint density at radius 2 is 1.83 bits per heavy atom. The van der Waals surface area contributed by atoms with Gasteiger partial charge < -0.3 is 0 Å². The molecule has 0 bridgehead atoms. The van der Waals surface area contributed by atoms with Crippen LogP contribution >= 0.6 is 15.9 Å². The molecule has 0 aliphatic carbocycles. The Labute approximate surface area is 145 Å². The summed E-state index contributed by atoms with van der Waals surface area (Å²) in [5.74, 6) is 0.905. The van der Waals surface area contributed by atoms with Crippen LogP contribution in [0, 0.1) is 5.92 Å². The fourth-order valence-electron chi connectivity index (χ4n) is 2.25. The Balaban J connectivity index is 1.92. The summed E-state index contributed by atoms with van der Waals surface area (Å²) in [6, 6.07) is 11.9. The second-order valence-corrected chi connectivity index (χ2v) is 6.95. The average molecular weight is 376 g/mol. The Morgan fingerprint density at radius 1 is 1.13 bits per heavy atom. The van der Waals surface area contributed by atoms with Crippen molar-refractivity contribution in [3.8, 4) is 0 Å². The van der Waals surface area contributed by atoms with E-state index in [0.717, 1.165) is 16.5 Å². The molecule has 5 heteroatoms. The summed E-state index contributed by atoms with van der Waals surface area (Å²) in [6.45, 7) is 6.29. The highest BCUT2D eigenvalue weighted by atomic mass is 79.9. The normalized spacial score (nSPS) is 12.0. The van der Waals surface area contributed by atoms with Crippen LogP contribution in [0.25, 0.3) is 0 Å². The maximum absolute atomic E-state index is 12.2. The third-order valence-corrected chi connectivity index (χ3v) is 4.03. The molecule has 4 nitrogen and oxygen atoms in total. The van der Waals surface area contributed by atoms with Crippen LogP contribution in [-0.2, 0) is 11.2 Å². The van der Waals surface area contributed by atoms with Crippen molar-refractivity contribution in [1.29, 1.82) is 0 Å². The highest BCUT2D eigenvalue weighted by Crippen LogP contribution is 2.18. The zero-order valence-electron chi connectivity index (χ0n) is 13.6. The number of hydrazine groups is 1. The lowest BCUT2D eigenvalue weighted by Crippen LogP contribution is -2.33. The zero-order valence-corrected chi connectivity index (χ0v) is 15.2. The number of carbonyl (C=O) groups excluding carboxylic acids is 1. The highest BCUT2D eigenvalue weighted by Gasteiger charge is 2.15. The van der Waals surface area contributed by atoms with E-state index in [4.69, 9.17) is 0 Å². The van der Waals surface area contributed by atoms with E-state index >= 15 is 0 Å². The number of benzene rings is 1. The van der Waals surface area contributed by atoms with E-state index in [1.54, 1.807) is 12.3 Å². The van der Waals surface area contributed by atoms with Gasteiger partial charge in [-0.3, -0.25) is 15.6 Å². The summed E-state index contributed by atoms with van der Waals surface area (Å²) >= 11 is 3.32. The number of rotatable bonds is 6. The van der Waals surface area contributed by atoms with Crippen LogP contribution in [0.2, 0.25) is 0 Å². The number of carbonyl (C=O) groups is 1. The van der Waals surface area contributed by atoms with Gasteiger partial charge in [0, 0.05) is 10.7 Å². The molecule has 1 aromatic heterocycles. The SMILES string of the molecule is CC(C)Cc1ccc([C@H](C)C(=O)NNc2ccc(Br)cn2)cc1. The first kappa shape index (κ1) is 17.5. The number of halogens is 1. The zero-order chi connectivity index (χ0) is 16.8. The van der Waals surface area contributed by atoms with Gasteiger partial charge in [0.25, 0.3) is 0 Å². The van der Waals surface area contributed by atoms with E-state index in [2.05, 4.69) is 57.7 Å². The van der Waals surface area contributed by atoms with Gasteiger partial charge in [0.2, 0.25) is 5.91 Å². The summed E-state index contributed by atoms with van der Waals surface area (Å²) < 4.78 is 0.893. The monoisotopic (exact) mass is 375 g/mol. The van der Waals surface area contributed by atoms with E-state index in [1.807, 2.05) is 25.1 Å². The lowest BCUT2D eigenvalue weighted by atomic mass is 9.96. The molecular weight excluding hydrogens is 354 g/mol. The number of pyridine rings is 1. The van der Waals surface area contributed by atoms with Gasteiger partial charge in [-0.15, -0.1) is 0 Å². The van der Waals surface area contributed by atoms with Crippen LogP contribution in [0.3, 0.4) is 0 Å². The van der Waals surface area contributed by atoms with Crippen LogP contribution in [0.5, 0.6) is 0 Å². The molecule has 1 amide bonds. The van der Waals surface area contributed by atoms with Crippen LogP contribution < -0.4 is 10.9 Å². The number of aromatic nitrogens is 1. The van der Waals surface area contributed by atoms with E-state index in [-0.39, 0.29) is 11.8 Å². The summed E-state index contributed by atoms with van der Waals surface area (Å²) in [5, 5.41) is 0. The first-order valence-electron chi connectivity index (χ1n) is 7.72. The van der Waals surface area contributed by atoms with Crippen LogP contribution in [0.15, 0.2) is 47.1 Å². The lowest BCUT2D eigenvalue weighted by Gasteiger charge is -2.14. The molecule has 2 rings (SSSR count). The Kier molecular flexibility index (Phi) is 6.16. The van der Waals surface area contributed by atoms with Gasteiger partial charge in [0.1, 0.15) is 5.82 Å². The molecule has 0 radical (unpaired) electrons. The van der Waals surface area contributed by atoms with Crippen molar-refractivity contribution in [3.63, 3.8) is 0 Å². The molecule has 0 spiro atoms. The standard InChI is InChI=1S/C18H22BrN3O/c1-12(2)10-14-4-6-15(7-5-14)13(3)18(23)22-21-17-9-8-16(19)11-20-17/h4-9,11-13H,10H2,1-3H3,(H,20,21)(H,22,23)/t13-/m0/s1. The molecule has 122 valence electrons. The Hall–Kier alpha value is -1.88. The predicted octanol–water partition coefficient (Wildman–Crippen LogP) is 4.29. The first-order valence-corrected chi connectivity index (χ1v) is 8.51. The number of anilines is 1. The second-order valence-electron chi connectivity index (χ2n) is 6.04.